The first-order chi connectivity index (χ1) is 11.3. The van der Waals surface area contributed by atoms with Crippen LogP contribution in [-0.4, -0.2) is 52.6 Å². The molecular weight excluding hydrogens is 292 g/mol. The number of nitrogens with one attached hydrogen (secondary N) is 1. The molecule has 6 nitrogen and oxygen atoms in total. The lowest BCUT2D eigenvalue weighted by Crippen LogP contribution is -2.40. The van der Waals surface area contributed by atoms with E-state index in [-0.39, 0.29) is 12.0 Å². The molecule has 0 spiro atoms. The molecule has 0 aromatic carbocycles. The summed E-state index contributed by atoms with van der Waals surface area (Å²) in [5.41, 5.74) is 2.28. The maximum atomic E-state index is 12.6. The highest BCUT2D eigenvalue weighted by Gasteiger charge is 2.30. The molecule has 124 valence electrons. The predicted molar refractivity (Wildman–Crippen MR) is 86.3 cm³/mol. The molecule has 0 radical (unpaired) electrons. The Morgan fingerprint density at radius 2 is 2.04 bits per heavy atom. The molecule has 4 rings (SSSR count). The molecular formula is C17H24N4O2. The highest BCUT2D eigenvalue weighted by molar-refractivity contribution is 5.81. The first kappa shape index (κ1) is 14.9. The monoisotopic (exact) mass is 316 g/mol. The van der Waals surface area contributed by atoms with Gasteiger partial charge in [0.05, 0.1) is 5.69 Å². The van der Waals surface area contributed by atoms with Crippen molar-refractivity contribution in [1.29, 1.82) is 0 Å². The predicted octanol–water partition coefficient (Wildman–Crippen LogP) is 1.55. The minimum atomic E-state index is -0.227. The molecule has 0 bridgehead atoms. The van der Waals surface area contributed by atoms with Gasteiger partial charge in [0.25, 0.3) is 5.91 Å². The van der Waals surface area contributed by atoms with Crippen LogP contribution < -0.4 is 5.32 Å². The maximum Gasteiger partial charge on any atom is 0.251 e. The number of rotatable bonds is 3. The number of anilines is 1. The Hall–Kier alpha value is -1.69. The van der Waals surface area contributed by atoms with Crippen LogP contribution in [0.5, 0.6) is 0 Å². The molecule has 2 aliphatic heterocycles. The van der Waals surface area contributed by atoms with Gasteiger partial charge in [0.15, 0.2) is 0 Å². The van der Waals surface area contributed by atoms with E-state index in [0.717, 1.165) is 50.3 Å². The van der Waals surface area contributed by atoms with E-state index in [0.29, 0.717) is 12.6 Å². The zero-order valence-electron chi connectivity index (χ0n) is 13.5. The largest absolute Gasteiger partial charge is 0.368 e. The van der Waals surface area contributed by atoms with Gasteiger partial charge in [-0.15, -0.1) is 0 Å². The van der Waals surface area contributed by atoms with E-state index in [4.69, 9.17) is 4.74 Å². The van der Waals surface area contributed by atoms with Gasteiger partial charge in [-0.05, 0) is 38.5 Å². The van der Waals surface area contributed by atoms with Crippen LogP contribution in [0.4, 0.5) is 5.82 Å². The van der Waals surface area contributed by atoms with Crippen molar-refractivity contribution in [1.82, 2.24) is 14.9 Å². The Bertz CT molecular complexity index is 582. The molecule has 1 aromatic heterocycles. The Labute approximate surface area is 136 Å². The minimum Gasteiger partial charge on any atom is -0.368 e. The van der Waals surface area contributed by atoms with Crippen LogP contribution in [0, 0.1) is 0 Å². The molecule has 6 heteroatoms. The molecule has 0 unspecified atom stereocenters. The van der Waals surface area contributed by atoms with Crippen LogP contribution >= 0.6 is 0 Å². The highest BCUT2D eigenvalue weighted by atomic mass is 16.5. The summed E-state index contributed by atoms with van der Waals surface area (Å²) in [5.74, 6) is 1.13. The van der Waals surface area contributed by atoms with Gasteiger partial charge >= 0.3 is 0 Å². The smallest absolute Gasteiger partial charge is 0.251 e. The fraction of sp³-hybridized carbons (Fsp3) is 0.706. The number of amides is 1. The van der Waals surface area contributed by atoms with E-state index in [9.17, 15) is 4.79 Å². The van der Waals surface area contributed by atoms with Crippen molar-refractivity contribution < 1.29 is 9.53 Å². The van der Waals surface area contributed by atoms with Gasteiger partial charge in [-0.1, -0.05) is 0 Å². The Morgan fingerprint density at radius 1 is 1.17 bits per heavy atom. The summed E-state index contributed by atoms with van der Waals surface area (Å²) in [5, 5.41) is 3.55. The molecule has 2 fully saturated rings. The van der Waals surface area contributed by atoms with Crippen LogP contribution in [0.1, 0.15) is 43.4 Å². The second kappa shape index (κ2) is 6.43. The summed E-state index contributed by atoms with van der Waals surface area (Å²) in [6.45, 7) is 2.18. The average Bonchev–Trinajstić information content (AvgIpc) is 2.97. The molecule has 1 aromatic rings. The van der Waals surface area contributed by atoms with E-state index in [1.807, 2.05) is 4.90 Å². The van der Waals surface area contributed by atoms with E-state index >= 15 is 0 Å². The maximum absolute atomic E-state index is 12.6. The Balaban J connectivity index is 1.47. The van der Waals surface area contributed by atoms with Crippen molar-refractivity contribution in [3.63, 3.8) is 0 Å². The fourth-order valence-electron chi connectivity index (χ4n) is 3.59. The molecule has 3 aliphatic rings. The molecule has 1 aliphatic carbocycles. The number of carbonyl (C=O) groups is 1. The quantitative estimate of drug-likeness (QED) is 0.916. The van der Waals surface area contributed by atoms with Crippen LogP contribution in [0.2, 0.25) is 0 Å². The molecule has 1 saturated heterocycles. The highest BCUT2D eigenvalue weighted by Crippen LogP contribution is 2.27. The Morgan fingerprint density at radius 3 is 2.78 bits per heavy atom. The second-order valence-corrected chi connectivity index (χ2v) is 6.75. The fourth-order valence-corrected chi connectivity index (χ4v) is 3.59. The lowest BCUT2D eigenvalue weighted by atomic mass is 9.93. The molecule has 1 atom stereocenters. The van der Waals surface area contributed by atoms with Crippen molar-refractivity contribution in [2.45, 2.75) is 57.1 Å². The van der Waals surface area contributed by atoms with E-state index in [1.165, 1.54) is 24.8 Å². The van der Waals surface area contributed by atoms with Gasteiger partial charge in [-0.2, -0.15) is 0 Å². The lowest BCUT2D eigenvalue weighted by Gasteiger charge is -2.28. The summed E-state index contributed by atoms with van der Waals surface area (Å²) in [4.78, 5) is 23.4. The van der Waals surface area contributed by atoms with Gasteiger partial charge in [0.2, 0.25) is 0 Å². The summed E-state index contributed by atoms with van der Waals surface area (Å²) < 4.78 is 5.55. The average molecular weight is 316 g/mol. The van der Waals surface area contributed by atoms with Gasteiger partial charge in [0.1, 0.15) is 18.2 Å². The van der Waals surface area contributed by atoms with Crippen molar-refractivity contribution in [3.8, 4) is 0 Å². The minimum absolute atomic E-state index is 0.150. The SMILES string of the molecule is O=C([C@@H]1CCCO1)N1CCc2ncnc(NC3CCC3)c2CC1. The summed E-state index contributed by atoms with van der Waals surface area (Å²) in [6.07, 6.45) is 8.65. The molecule has 23 heavy (non-hydrogen) atoms. The van der Waals surface area contributed by atoms with Crippen molar-refractivity contribution in [2.24, 2.45) is 0 Å². The van der Waals surface area contributed by atoms with Crippen molar-refractivity contribution >= 4 is 11.7 Å². The van der Waals surface area contributed by atoms with E-state index in [2.05, 4.69) is 15.3 Å². The number of aromatic nitrogens is 2. The zero-order valence-corrected chi connectivity index (χ0v) is 13.5. The third kappa shape index (κ3) is 3.04. The van der Waals surface area contributed by atoms with Gasteiger partial charge in [-0.3, -0.25) is 4.79 Å². The van der Waals surface area contributed by atoms with Crippen LogP contribution in [0.25, 0.3) is 0 Å². The number of nitrogens with zero attached hydrogens (tertiary/aromatic N) is 3. The third-order valence-corrected chi connectivity index (χ3v) is 5.25. The third-order valence-electron chi connectivity index (χ3n) is 5.25. The summed E-state index contributed by atoms with van der Waals surface area (Å²) >= 11 is 0. The second-order valence-electron chi connectivity index (χ2n) is 6.75. The zero-order chi connectivity index (χ0) is 15.6. The summed E-state index contributed by atoms with van der Waals surface area (Å²) in [6, 6.07) is 0.557. The van der Waals surface area contributed by atoms with Crippen molar-refractivity contribution in [2.75, 3.05) is 25.0 Å². The Kier molecular flexibility index (Phi) is 4.16. The standard InChI is InChI=1S/C17H24N4O2/c22-17(15-5-2-10-23-15)21-8-6-13-14(7-9-21)18-11-19-16(13)20-12-3-1-4-12/h11-12,15H,1-10H2,(H,18,19,20)/t15-/m0/s1. The van der Waals surface area contributed by atoms with Crippen LogP contribution in [0.3, 0.4) is 0 Å². The number of hydrogen-bond acceptors (Lipinski definition) is 5. The number of fused-ring (bicyclic) bond motifs is 1. The molecule has 3 heterocycles. The normalized spacial score (nSPS) is 24.7. The lowest BCUT2D eigenvalue weighted by molar-refractivity contribution is -0.140. The number of carbonyl (C=O) groups excluding carboxylic acids is 1. The molecule has 1 N–H and O–H groups in total. The van der Waals surface area contributed by atoms with E-state index in [1.54, 1.807) is 6.33 Å². The summed E-state index contributed by atoms with van der Waals surface area (Å²) in [7, 11) is 0. The van der Waals surface area contributed by atoms with Gasteiger partial charge in [0, 0.05) is 37.7 Å². The van der Waals surface area contributed by atoms with Gasteiger partial charge in [-0.25, -0.2) is 9.97 Å². The van der Waals surface area contributed by atoms with Crippen LogP contribution in [0.15, 0.2) is 6.33 Å². The first-order valence-corrected chi connectivity index (χ1v) is 8.81. The topological polar surface area (TPSA) is 67.3 Å². The molecule has 1 saturated carbocycles. The molecule has 1 amide bonds. The first-order valence-electron chi connectivity index (χ1n) is 8.81. The number of ether oxygens (including phenoxy) is 1. The number of hydrogen-bond donors (Lipinski definition) is 1. The van der Waals surface area contributed by atoms with Crippen molar-refractivity contribution in [3.05, 3.63) is 17.6 Å². The van der Waals surface area contributed by atoms with Crippen LogP contribution in [-0.2, 0) is 22.4 Å². The van der Waals surface area contributed by atoms with E-state index < -0.39 is 0 Å². The van der Waals surface area contributed by atoms with Gasteiger partial charge < -0.3 is 15.0 Å².